The van der Waals surface area contributed by atoms with Crippen LogP contribution < -0.4 is 10.1 Å². The molecule has 0 radical (unpaired) electrons. The van der Waals surface area contributed by atoms with Crippen LogP contribution in [0, 0.1) is 13.8 Å². The molecule has 2 heterocycles. The highest BCUT2D eigenvalue weighted by atomic mass is 16.5. The summed E-state index contributed by atoms with van der Waals surface area (Å²) in [5.74, 6) is 1.53. The van der Waals surface area contributed by atoms with Gasteiger partial charge in [0.15, 0.2) is 0 Å². The highest BCUT2D eigenvalue weighted by molar-refractivity contribution is 5.93. The molecule has 0 aliphatic heterocycles. The van der Waals surface area contributed by atoms with E-state index in [0.717, 1.165) is 5.76 Å². The molecule has 130 valence electrons. The van der Waals surface area contributed by atoms with Gasteiger partial charge in [0.25, 0.3) is 5.91 Å². The van der Waals surface area contributed by atoms with Crippen LogP contribution in [0.2, 0.25) is 0 Å². The molecule has 2 N–H and O–H groups in total. The Morgan fingerprint density at radius 2 is 2.12 bits per heavy atom. The second-order valence-electron chi connectivity index (χ2n) is 6.34. The third-order valence-corrected chi connectivity index (χ3v) is 3.57. The Kier molecular flexibility index (Phi) is 5.29. The fraction of sp³-hybridized carbons (Fsp3) is 0.444. The first-order valence-corrected chi connectivity index (χ1v) is 7.90. The number of aromatic nitrogens is 1. The summed E-state index contributed by atoms with van der Waals surface area (Å²) in [6.45, 7) is 9.12. The summed E-state index contributed by atoms with van der Waals surface area (Å²) in [4.78, 5) is 16.3. The first-order valence-electron chi connectivity index (χ1n) is 7.90. The lowest BCUT2D eigenvalue weighted by Crippen LogP contribution is -2.38. The second kappa shape index (κ2) is 7.05. The zero-order chi connectivity index (χ0) is 17.9. The summed E-state index contributed by atoms with van der Waals surface area (Å²) in [6, 6.07) is 5.07. The molecule has 0 aliphatic carbocycles. The maximum Gasteiger partial charge on any atom is 0.252 e. The van der Waals surface area contributed by atoms with Crippen LogP contribution in [0.25, 0.3) is 0 Å². The van der Waals surface area contributed by atoms with Gasteiger partial charge in [-0.2, -0.15) is 0 Å². The highest BCUT2D eigenvalue weighted by Crippen LogP contribution is 2.26. The van der Waals surface area contributed by atoms with E-state index in [4.69, 9.17) is 9.15 Å². The van der Waals surface area contributed by atoms with Gasteiger partial charge in [-0.15, -0.1) is 0 Å². The summed E-state index contributed by atoms with van der Waals surface area (Å²) >= 11 is 0. The molecule has 0 fully saturated rings. The van der Waals surface area contributed by atoms with Crippen molar-refractivity contribution in [2.75, 3.05) is 6.54 Å². The maximum absolute atomic E-state index is 12.2. The first-order chi connectivity index (χ1) is 11.2. The van der Waals surface area contributed by atoms with Gasteiger partial charge in [-0.1, -0.05) is 0 Å². The van der Waals surface area contributed by atoms with Crippen molar-refractivity contribution in [1.82, 2.24) is 10.3 Å². The molecule has 24 heavy (non-hydrogen) atoms. The number of carbonyl (C=O) groups is 1. The average Bonchev–Trinajstić information content (AvgIpc) is 2.84. The lowest BCUT2D eigenvalue weighted by molar-refractivity contribution is 0.0514. The number of hydrogen-bond acceptors (Lipinski definition) is 5. The predicted molar refractivity (Wildman–Crippen MR) is 90.1 cm³/mol. The monoisotopic (exact) mass is 332 g/mol. The van der Waals surface area contributed by atoms with E-state index in [0.29, 0.717) is 22.8 Å². The fourth-order valence-corrected chi connectivity index (χ4v) is 2.44. The number of pyridine rings is 1. The molecule has 6 nitrogen and oxygen atoms in total. The minimum Gasteiger partial charge on any atom is -0.475 e. The molecule has 0 saturated heterocycles. The van der Waals surface area contributed by atoms with Crippen LogP contribution in [-0.2, 0) is 5.60 Å². The summed E-state index contributed by atoms with van der Waals surface area (Å²) in [5.41, 5.74) is -0.146. The molecule has 2 rings (SSSR count). The van der Waals surface area contributed by atoms with E-state index in [9.17, 15) is 9.90 Å². The van der Waals surface area contributed by atoms with Crippen molar-refractivity contribution in [1.29, 1.82) is 0 Å². The Balaban J connectivity index is 2.00. The largest absolute Gasteiger partial charge is 0.475 e. The Morgan fingerprint density at radius 3 is 2.62 bits per heavy atom. The maximum atomic E-state index is 12.2. The molecule has 0 saturated carbocycles. The number of aliphatic hydroxyl groups is 1. The van der Waals surface area contributed by atoms with E-state index in [1.54, 1.807) is 32.0 Å². The van der Waals surface area contributed by atoms with Gasteiger partial charge in [0.2, 0.25) is 5.88 Å². The van der Waals surface area contributed by atoms with Crippen molar-refractivity contribution in [3.8, 4) is 5.88 Å². The lowest BCUT2D eigenvalue weighted by atomic mass is 9.96. The van der Waals surface area contributed by atoms with Crippen molar-refractivity contribution in [2.45, 2.75) is 46.3 Å². The van der Waals surface area contributed by atoms with E-state index in [1.165, 1.54) is 6.20 Å². The number of hydrogen-bond donors (Lipinski definition) is 2. The van der Waals surface area contributed by atoms with Crippen molar-refractivity contribution >= 4 is 5.91 Å². The topological polar surface area (TPSA) is 84.6 Å². The van der Waals surface area contributed by atoms with E-state index >= 15 is 0 Å². The van der Waals surface area contributed by atoms with Crippen LogP contribution in [0.15, 0.2) is 28.8 Å². The highest BCUT2D eigenvalue weighted by Gasteiger charge is 2.28. The van der Waals surface area contributed by atoms with Gasteiger partial charge in [-0.25, -0.2) is 4.98 Å². The minimum absolute atomic E-state index is 0.0222. The molecule has 0 bridgehead atoms. The molecule has 6 heteroatoms. The summed E-state index contributed by atoms with van der Waals surface area (Å²) in [6.07, 6.45) is 1.48. The van der Waals surface area contributed by atoms with Gasteiger partial charge in [-0.3, -0.25) is 4.79 Å². The second-order valence-corrected chi connectivity index (χ2v) is 6.34. The van der Waals surface area contributed by atoms with Crippen LogP contribution in [0.4, 0.5) is 0 Å². The van der Waals surface area contributed by atoms with Gasteiger partial charge in [-0.05, 0) is 46.8 Å². The lowest BCUT2D eigenvalue weighted by Gasteiger charge is -2.23. The molecule has 2 aromatic rings. The smallest absolute Gasteiger partial charge is 0.252 e. The van der Waals surface area contributed by atoms with Crippen molar-refractivity contribution in [3.05, 3.63) is 47.0 Å². The number of rotatable bonds is 6. The van der Waals surface area contributed by atoms with Gasteiger partial charge in [0, 0.05) is 17.8 Å². The number of aryl methyl sites for hydroxylation is 2. The normalized spacial score (nSPS) is 13.6. The van der Waals surface area contributed by atoms with Gasteiger partial charge in [0.1, 0.15) is 17.1 Å². The van der Waals surface area contributed by atoms with Crippen LogP contribution in [0.3, 0.4) is 0 Å². The Morgan fingerprint density at radius 1 is 1.42 bits per heavy atom. The number of nitrogens with one attached hydrogen (secondary N) is 1. The zero-order valence-corrected chi connectivity index (χ0v) is 14.7. The van der Waals surface area contributed by atoms with Crippen molar-refractivity contribution in [3.63, 3.8) is 0 Å². The Hall–Kier alpha value is -2.34. The molecule has 1 atom stereocenters. The number of carbonyl (C=O) groups excluding carboxylic acids is 1. The third kappa shape index (κ3) is 4.35. The third-order valence-electron chi connectivity index (χ3n) is 3.57. The summed E-state index contributed by atoms with van der Waals surface area (Å²) in [7, 11) is 0. The van der Waals surface area contributed by atoms with Crippen LogP contribution in [0.5, 0.6) is 5.88 Å². The van der Waals surface area contributed by atoms with Crippen LogP contribution in [-0.4, -0.2) is 28.6 Å². The molecule has 2 aromatic heterocycles. The molecular weight excluding hydrogens is 308 g/mol. The zero-order valence-electron chi connectivity index (χ0n) is 14.7. The van der Waals surface area contributed by atoms with Gasteiger partial charge in [0.05, 0.1) is 18.2 Å². The van der Waals surface area contributed by atoms with Crippen molar-refractivity contribution in [2.24, 2.45) is 0 Å². The Labute approximate surface area is 141 Å². The van der Waals surface area contributed by atoms with Gasteiger partial charge < -0.3 is 19.6 Å². The number of ether oxygens (including phenoxy) is 1. The number of furan rings is 1. The van der Waals surface area contributed by atoms with E-state index < -0.39 is 5.60 Å². The van der Waals surface area contributed by atoms with E-state index in [1.807, 2.05) is 20.8 Å². The molecular formula is C18H24N2O4. The summed E-state index contributed by atoms with van der Waals surface area (Å²) in [5, 5.41) is 13.3. The van der Waals surface area contributed by atoms with Crippen LogP contribution in [0.1, 0.15) is 48.2 Å². The van der Waals surface area contributed by atoms with Crippen LogP contribution >= 0.6 is 0 Å². The predicted octanol–water partition coefficient (Wildman–Crippen LogP) is 2.72. The minimum atomic E-state index is -1.22. The van der Waals surface area contributed by atoms with Gasteiger partial charge >= 0.3 is 0 Å². The fourth-order valence-electron chi connectivity index (χ4n) is 2.44. The van der Waals surface area contributed by atoms with Crippen molar-refractivity contribution < 1.29 is 19.1 Å². The quantitative estimate of drug-likeness (QED) is 0.849. The SMILES string of the molecule is Cc1cc(C(C)(O)CNC(=O)c2ccc(OC(C)C)nc2)c(C)o1. The summed E-state index contributed by atoms with van der Waals surface area (Å²) < 4.78 is 10.9. The first kappa shape index (κ1) is 18.0. The van der Waals surface area contributed by atoms with E-state index in [2.05, 4.69) is 10.3 Å². The average molecular weight is 332 g/mol. The molecule has 1 amide bonds. The Bertz CT molecular complexity index is 702. The number of amides is 1. The molecule has 0 aliphatic rings. The molecule has 0 aromatic carbocycles. The number of nitrogens with zero attached hydrogens (tertiary/aromatic N) is 1. The molecule has 1 unspecified atom stereocenters. The standard InChI is InChI=1S/C18H24N2O4/c1-11(2)23-16-7-6-14(9-19-16)17(21)20-10-18(5,22)15-8-12(3)24-13(15)4/h6-9,11,22H,10H2,1-5H3,(H,20,21). The molecule has 0 spiro atoms. The van der Waals surface area contributed by atoms with E-state index in [-0.39, 0.29) is 18.6 Å².